The van der Waals surface area contributed by atoms with Crippen LogP contribution in [0.3, 0.4) is 0 Å². The standard InChI is InChI=1S/C21H17BrFN3O3S/c22-20-9-5-4-6-16(20)14-24-25-21(27)15-26(18-12-10-17(23)11-13-18)30(28,29)19-7-2-1-3-8-19/h1-14H,15H2,(H,25,27)/b24-14-. The predicted molar refractivity (Wildman–Crippen MR) is 117 cm³/mol. The third-order valence-corrected chi connectivity index (χ3v) is 6.54. The highest BCUT2D eigenvalue weighted by molar-refractivity contribution is 9.10. The van der Waals surface area contributed by atoms with Gasteiger partial charge < -0.3 is 0 Å². The molecule has 0 unspecified atom stereocenters. The molecule has 0 aliphatic rings. The fourth-order valence-electron chi connectivity index (χ4n) is 2.56. The Morgan fingerprint density at radius 1 is 1.00 bits per heavy atom. The van der Waals surface area contributed by atoms with Crippen LogP contribution in [0.2, 0.25) is 0 Å². The summed E-state index contributed by atoms with van der Waals surface area (Å²) in [7, 11) is -4.06. The molecule has 0 saturated carbocycles. The SMILES string of the molecule is O=C(CN(c1ccc(F)cc1)S(=O)(=O)c1ccccc1)N/N=C\c1ccccc1Br. The zero-order valence-corrected chi connectivity index (χ0v) is 18.0. The Balaban J connectivity index is 1.83. The van der Waals surface area contributed by atoms with Gasteiger partial charge in [0.25, 0.3) is 15.9 Å². The van der Waals surface area contributed by atoms with Crippen molar-refractivity contribution in [1.29, 1.82) is 0 Å². The van der Waals surface area contributed by atoms with Gasteiger partial charge in [0.15, 0.2) is 0 Å². The molecular formula is C21H17BrFN3O3S. The lowest BCUT2D eigenvalue weighted by molar-refractivity contribution is -0.119. The van der Waals surface area contributed by atoms with Crippen molar-refractivity contribution in [2.75, 3.05) is 10.8 Å². The molecule has 0 aliphatic heterocycles. The Morgan fingerprint density at radius 3 is 2.30 bits per heavy atom. The second-order valence-electron chi connectivity index (χ2n) is 6.12. The molecule has 0 spiro atoms. The molecule has 154 valence electrons. The van der Waals surface area contributed by atoms with Gasteiger partial charge >= 0.3 is 0 Å². The number of hydrogen-bond donors (Lipinski definition) is 1. The van der Waals surface area contributed by atoms with Crippen LogP contribution in [0.1, 0.15) is 5.56 Å². The van der Waals surface area contributed by atoms with E-state index in [1.807, 2.05) is 18.2 Å². The summed E-state index contributed by atoms with van der Waals surface area (Å²) in [5.74, 6) is -1.17. The molecule has 0 radical (unpaired) electrons. The first-order valence-corrected chi connectivity index (χ1v) is 11.0. The Hall–Kier alpha value is -3.04. The van der Waals surface area contributed by atoms with Crippen molar-refractivity contribution in [3.63, 3.8) is 0 Å². The molecule has 1 amide bonds. The van der Waals surface area contributed by atoms with Crippen LogP contribution in [-0.4, -0.2) is 27.1 Å². The minimum Gasteiger partial charge on any atom is -0.271 e. The van der Waals surface area contributed by atoms with Gasteiger partial charge in [0, 0.05) is 10.0 Å². The molecule has 0 atom stereocenters. The van der Waals surface area contributed by atoms with Crippen LogP contribution in [0.15, 0.2) is 93.3 Å². The van der Waals surface area contributed by atoms with Gasteiger partial charge in [0.2, 0.25) is 0 Å². The van der Waals surface area contributed by atoms with E-state index in [9.17, 15) is 17.6 Å². The molecule has 0 aromatic heterocycles. The summed E-state index contributed by atoms with van der Waals surface area (Å²) in [6.45, 7) is -0.532. The van der Waals surface area contributed by atoms with Crippen molar-refractivity contribution in [2.24, 2.45) is 5.10 Å². The quantitative estimate of drug-likeness (QED) is 0.403. The van der Waals surface area contributed by atoms with E-state index in [4.69, 9.17) is 0 Å². The molecule has 0 bridgehead atoms. The van der Waals surface area contributed by atoms with E-state index in [0.717, 1.165) is 26.5 Å². The number of hydrazone groups is 1. The van der Waals surface area contributed by atoms with Gasteiger partial charge in [-0.05, 0) is 42.5 Å². The van der Waals surface area contributed by atoms with Gasteiger partial charge in [-0.15, -0.1) is 0 Å². The van der Waals surface area contributed by atoms with E-state index in [2.05, 4.69) is 26.5 Å². The number of anilines is 1. The van der Waals surface area contributed by atoms with Crippen LogP contribution in [0.5, 0.6) is 0 Å². The second-order valence-corrected chi connectivity index (χ2v) is 8.83. The number of halogens is 2. The summed E-state index contributed by atoms with van der Waals surface area (Å²) in [5.41, 5.74) is 3.22. The number of benzene rings is 3. The molecule has 1 N–H and O–H groups in total. The lowest BCUT2D eigenvalue weighted by Crippen LogP contribution is -2.39. The molecule has 0 aliphatic carbocycles. The first kappa shape index (κ1) is 21.7. The first-order chi connectivity index (χ1) is 14.4. The van der Waals surface area contributed by atoms with Crippen molar-refractivity contribution in [3.8, 4) is 0 Å². The molecule has 3 aromatic carbocycles. The van der Waals surface area contributed by atoms with Crippen molar-refractivity contribution < 1.29 is 17.6 Å². The number of hydrogen-bond acceptors (Lipinski definition) is 4. The lowest BCUT2D eigenvalue weighted by Gasteiger charge is -2.23. The molecular weight excluding hydrogens is 473 g/mol. The number of nitrogens with zero attached hydrogens (tertiary/aromatic N) is 2. The van der Waals surface area contributed by atoms with Gasteiger partial charge in [0.1, 0.15) is 12.4 Å². The second kappa shape index (κ2) is 9.64. The zero-order valence-electron chi connectivity index (χ0n) is 15.6. The Kier molecular flexibility index (Phi) is 6.96. The summed E-state index contributed by atoms with van der Waals surface area (Å²) in [5, 5.41) is 3.88. The third-order valence-electron chi connectivity index (χ3n) is 4.03. The number of amides is 1. The molecule has 9 heteroatoms. The monoisotopic (exact) mass is 489 g/mol. The molecule has 3 aromatic rings. The Bertz CT molecular complexity index is 1150. The number of carbonyl (C=O) groups is 1. The Labute approximate surface area is 182 Å². The molecule has 0 saturated heterocycles. The van der Waals surface area contributed by atoms with E-state index in [-0.39, 0.29) is 10.6 Å². The highest BCUT2D eigenvalue weighted by Crippen LogP contribution is 2.23. The van der Waals surface area contributed by atoms with Crippen LogP contribution in [0, 0.1) is 5.82 Å². The van der Waals surface area contributed by atoms with Crippen molar-refractivity contribution in [3.05, 3.63) is 94.7 Å². The van der Waals surface area contributed by atoms with E-state index < -0.39 is 28.3 Å². The molecule has 0 heterocycles. The molecule has 0 fully saturated rings. The van der Waals surface area contributed by atoms with Crippen LogP contribution in [-0.2, 0) is 14.8 Å². The predicted octanol–water partition coefficient (Wildman–Crippen LogP) is 3.93. The minimum atomic E-state index is -4.06. The van der Waals surface area contributed by atoms with Crippen LogP contribution in [0.25, 0.3) is 0 Å². The largest absolute Gasteiger partial charge is 0.271 e. The first-order valence-electron chi connectivity index (χ1n) is 8.78. The van der Waals surface area contributed by atoms with E-state index in [0.29, 0.717) is 0 Å². The van der Waals surface area contributed by atoms with E-state index in [1.54, 1.807) is 24.3 Å². The number of rotatable bonds is 7. The third kappa shape index (κ3) is 5.31. The molecule has 3 rings (SSSR count). The topological polar surface area (TPSA) is 78.8 Å². The van der Waals surface area contributed by atoms with Crippen molar-refractivity contribution in [2.45, 2.75) is 4.90 Å². The fraction of sp³-hybridized carbons (Fsp3) is 0.0476. The van der Waals surface area contributed by atoms with Gasteiger partial charge in [-0.2, -0.15) is 5.10 Å². The summed E-state index contributed by atoms with van der Waals surface area (Å²) in [4.78, 5) is 12.4. The summed E-state index contributed by atoms with van der Waals surface area (Å²) in [6, 6.07) is 19.8. The maximum absolute atomic E-state index is 13.3. The van der Waals surface area contributed by atoms with E-state index >= 15 is 0 Å². The van der Waals surface area contributed by atoms with E-state index in [1.165, 1.54) is 30.5 Å². The average molecular weight is 490 g/mol. The van der Waals surface area contributed by atoms with Gasteiger partial charge in [-0.3, -0.25) is 9.10 Å². The molecule has 6 nitrogen and oxygen atoms in total. The number of nitrogens with one attached hydrogen (secondary N) is 1. The van der Waals surface area contributed by atoms with Gasteiger partial charge in [0.05, 0.1) is 16.8 Å². The van der Waals surface area contributed by atoms with Crippen LogP contribution < -0.4 is 9.73 Å². The summed E-state index contributed by atoms with van der Waals surface area (Å²) < 4.78 is 41.2. The summed E-state index contributed by atoms with van der Waals surface area (Å²) in [6.07, 6.45) is 1.44. The zero-order chi connectivity index (χ0) is 21.6. The maximum Gasteiger partial charge on any atom is 0.264 e. The van der Waals surface area contributed by atoms with Crippen molar-refractivity contribution in [1.82, 2.24) is 5.43 Å². The summed E-state index contributed by atoms with van der Waals surface area (Å²) >= 11 is 3.37. The van der Waals surface area contributed by atoms with Crippen molar-refractivity contribution >= 4 is 43.8 Å². The van der Waals surface area contributed by atoms with Crippen LogP contribution in [0.4, 0.5) is 10.1 Å². The maximum atomic E-state index is 13.3. The number of carbonyl (C=O) groups excluding carboxylic acids is 1. The molecule has 30 heavy (non-hydrogen) atoms. The highest BCUT2D eigenvalue weighted by Gasteiger charge is 2.27. The van der Waals surface area contributed by atoms with Gasteiger partial charge in [-0.25, -0.2) is 18.2 Å². The average Bonchev–Trinajstić information content (AvgIpc) is 2.75. The Morgan fingerprint density at radius 2 is 1.63 bits per heavy atom. The highest BCUT2D eigenvalue weighted by atomic mass is 79.9. The van der Waals surface area contributed by atoms with Gasteiger partial charge in [-0.1, -0.05) is 52.3 Å². The number of sulfonamides is 1. The smallest absolute Gasteiger partial charge is 0.264 e. The minimum absolute atomic E-state index is 0.0128. The van der Waals surface area contributed by atoms with Crippen LogP contribution >= 0.6 is 15.9 Å². The lowest BCUT2D eigenvalue weighted by atomic mass is 10.2. The fourth-order valence-corrected chi connectivity index (χ4v) is 4.39. The normalized spacial score (nSPS) is 11.4.